The molecule has 1 aromatic rings. The lowest BCUT2D eigenvalue weighted by atomic mass is 10.3. The maximum Gasteiger partial charge on any atom is 0.330 e. The van der Waals surface area contributed by atoms with E-state index in [-0.39, 0.29) is 17.1 Å². The van der Waals surface area contributed by atoms with Crippen molar-refractivity contribution in [1.29, 1.82) is 0 Å². The van der Waals surface area contributed by atoms with Crippen LogP contribution in [0.4, 0.5) is 0 Å². The highest BCUT2D eigenvalue weighted by atomic mass is 16.4. The molecule has 0 aliphatic carbocycles. The molecule has 0 saturated heterocycles. The third-order valence-corrected chi connectivity index (χ3v) is 1.19. The highest BCUT2D eigenvalue weighted by molar-refractivity contribution is 5.84. The van der Waals surface area contributed by atoms with Gasteiger partial charge in [0, 0.05) is 11.6 Å². The van der Waals surface area contributed by atoms with Crippen LogP contribution < -0.4 is 0 Å². The summed E-state index contributed by atoms with van der Waals surface area (Å²) in [5, 5.41) is 25.2. The topological polar surface area (TPSA) is 77.8 Å². The van der Waals surface area contributed by atoms with E-state index in [1.165, 1.54) is 25.1 Å². The fraction of sp³-hybridized carbons (Fsp3) is 0.100. The Morgan fingerprint density at radius 2 is 1.64 bits per heavy atom. The summed E-state index contributed by atoms with van der Waals surface area (Å²) < 4.78 is 0. The molecule has 0 aliphatic heterocycles. The van der Waals surface area contributed by atoms with Gasteiger partial charge in [0.1, 0.15) is 11.5 Å². The molecule has 3 N–H and O–H groups in total. The normalized spacial score (nSPS) is 8.36. The summed E-state index contributed by atoms with van der Waals surface area (Å²) in [6.45, 7) is 4.60. The summed E-state index contributed by atoms with van der Waals surface area (Å²) in [5.74, 6) is -0.759. The van der Waals surface area contributed by atoms with Crippen LogP contribution >= 0.6 is 0 Å². The van der Waals surface area contributed by atoms with Gasteiger partial charge >= 0.3 is 5.97 Å². The zero-order chi connectivity index (χ0) is 11.1. The van der Waals surface area contributed by atoms with Crippen LogP contribution in [0, 0.1) is 0 Å². The van der Waals surface area contributed by atoms with Gasteiger partial charge in [0.25, 0.3) is 0 Å². The second kappa shape index (κ2) is 5.64. The Labute approximate surface area is 81.8 Å². The fourth-order valence-electron chi connectivity index (χ4n) is 0.493. The number of hydrogen-bond donors (Lipinski definition) is 3. The van der Waals surface area contributed by atoms with Crippen LogP contribution in [-0.2, 0) is 4.79 Å². The highest BCUT2D eigenvalue weighted by Crippen LogP contribution is 2.14. The lowest BCUT2D eigenvalue weighted by Crippen LogP contribution is -1.92. The zero-order valence-corrected chi connectivity index (χ0v) is 7.77. The van der Waals surface area contributed by atoms with E-state index in [0.717, 1.165) is 0 Å². The molecule has 0 bridgehead atoms. The SMILES string of the molecule is C=C(C)C(=O)O.Oc1cccc(O)c1. The molecule has 0 spiro atoms. The molecule has 0 atom stereocenters. The molecule has 0 aromatic heterocycles. The number of benzene rings is 1. The molecular weight excluding hydrogens is 184 g/mol. The lowest BCUT2D eigenvalue weighted by molar-refractivity contribution is -0.132. The number of hydrogen-bond acceptors (Lipinski definition) is 3. The predicted octanol–water partition coefficient (Wildman–Crippen LogP) is 1.74. The van der Waals surface area contributed by atoms with E-state index in [9.17, 15) is 4.79 Å². The number of phenols is 2. The van der Waals surface area contributed by atoms with Crippen molar-refractivity contribution in [1.82, 2.24) is 0 Å². The Morgan fingerprint density at radius 1 is 1.29 bits per heavy atom. The van der Waals surface area contributed by atoms with Gasteiger partial charge in [-0.05, 0) is 19.1 Å². The van der Waals surface area contributed by atoms with E-state index in [1.807, 2.05) is 0 Å². The van der Waals surface area contributed by atoms with E-state index < -0.39 is 5.97 Å². The van der Waals surface area contributed by atoms with Gasteiger partial charge in [-0.3, -0.25) is 0 Å². The predicted molar refractivity (Wildman–Crippen MR) is 52.2 cm³/mol. The van der Waals surface area contributed by atoms with Crippen molar-refractivity contribution in [3.05, 3.63) is 36.4 Å². The fourth-order valence-corrected chi connectivity index (χ4v) is 0.493. The summed E-state index contributed by atoms with van der Waals surface area (Å²) in [5.41, 5.74) is 0.176. The molecule has 1 aromatic carbocycles. The molecule has 0 heterocycles. The van der Waals surface area contributed by atoms with Gasteiger partial charge in [0.15, 0.2) is 0 Å². The molecule has 0 fully saturated rings. The summed E-state index contributed by atoms with van der Waals surface area (Å²) in [6.07, 6.45) is 0. The number of carbonyl (C=O) groups is 1. The summed E-state index contributed by atoms with van der Waals surface area (Å²) in [6, 6.07) is 5.85. The average molecular weight is 196 g/mol. The lowest BCUT2D eigenvalue weighted by Gasteiger charge is -1.89. The standard InChI is InChI=1S/C6H6O2.C4H6O2/c7-5-2-1-3-6(8)4-5;1-3(2)4(5)6/h1-4,7-8H;1H2,2H3,(H,5,6). The van der Waals surface area contributed by atoms with E-state index in [0.29, 0.717) is 0 Å². The molecule has 0 amide bonds. The molecule has 76 valence electrons. The summed E-state index contributed by atoms with van der Waals surface area (Å²) in [4.78, 5) is 9.60. The van der Waals surface area contributed by atoms with Gasteiger partial charge in [-0.25, -0.2) is 4.79 Å². The van der Waals surface area contributed by atoms with Crippen LogP contribution in [-0.4, -0.2) is 21.3 Å². The number of carboxylic acid groups (broad SMARTS) is 1. The number of aromatic hydroxyl groups is 2. The van der Waals surface area contributed by atoms with Gasteiger partial charge in [0.05, 0.1) is 0 Å². The third-order valence-electron chi connectivity index (χ3n) is 1.19. The van der Waals surface area contributed by atoms with Crippen molar-refractivity contribution in [2.24, 2.45) is 0 Å². The van der Waals surface area contributed by atoms with Crippen molar-refractivity contribution in [3.63, 3.8) is 0 Å². The van der Waals surface area contributed by atoms with Crippen molar-refractivity contribution in [3.8, 4) is 11.5 Å². The summed E-state index contributed by atoms with van der Waals surface area (Å²) in [7, 11) is 0. The number of carboxylic acids is 1. The number of rotatable bonds is 1. The first kappa shape index (κ1) is 12.0. The van der Waals surface area contributed by atoms with Gasteiger partial charge in [0.2, 0.25) is 0 Å². The van der Waals surface area contributed by atoms with E-state index in [2.05, 4.69) is 6.58 Å². The maximum atomic E-state index is 9.60. The molecule has 0 saturated carbocycles. The molecule has 0 aliphatic rings. The summed E-state index contributed by atoms with van der Waals surface area (Å²) >= 11 is 0. The van der Waals surface area contributed by atoms with Crippen molar-refractivity contribution in [2.75, 3.05) is 0 Å². The molecule has 0 radical (unpaired) electrons. The third kappa shape index (κ3) is 5.65. The Bertz CT molecular complexity index is 301. The van der Waals surface area contributed by atoms with Crippen LogP contribution in [0.1, 0.15) is 6.92 Å². The molecule has 4 heteroatoms. The molecule has 14 heavy (non-hydrogen) atoms. The molecule has 1 rings (SSSR count). The average Bonchev–Trinajstić information content (AvgIpc) is 2.04. The Hall–Kier alpha value is -1.97. The molecule has 4 nitrogen and oxygen atoms in total. The second-order valence-corrected chi connectivity index (χ2v) is 2.61. The first-order chi connectivity index (χ1) is 6.43. The van der Waals surface area contributed by atoms with Crippen LogP contribution in [0.25, 0.3) is 0 Å². The monoisotopic (exact) mass is 196 g/mol. The Balaban J connectivity index is 0.000000255. The quantitative estimate of drug-likeness (QED) is 0.598. The minimum Gasteiger partial charge on any atom is -0.508 e. The first-order valence-electron chi connectivity index (χ1n) is 3.80. The van der Waals surface area contributed by atoms with E-state index in [4.69, 9.17) is 15.3 Å². The molecule has 0 unspecified atom stereocenters. The molecular formula is C10H12O4. The van der Waals surface area contributed by atoms with Crippen molar-refractivity contribution >= 4 is 5.97 Å². The second-order valence-electron chi connectivity index (χ2n) is 2.61. The number of phenolic OH excluding ortho intramolecular Hbond substituents is 2. The Morgan fingerprint density at radius 3 is 1.79 bits per heavy atom. The van der Waals surface area contributed by atoms with Gasteiger partial charge in [-0.2, -0.15) is 0 Å². The smallest absolute Gasteiger partial charge is 0.330 e. The minimum atomic E-state index is -0.935. The maximum absolute atomic E-state index is 9.60. The van der Waals surface area contributed by atoms with Crippen molar-refractivity contribution < 1.29 is 20.1 Å². The van der Waals surface area contributed by atoms with Crippen LogP contribution in [0.15, 0.2) is 36.4 Å². The van der Waals surface area contributed by atoms with E-state index in [1.54, 1.807) is 6.07 Å². The van der Waals surface area contributed by atoms with Crippen LogP contribution in [0.2, 0.25) is 0 Å². The van der Waals surface area contributed by atoms with Crippen LogP contribution in [0.5, 0.6) is 11.5 Å². The first-order valence-corrected chi connectivity index (χ1v) is 3.80. The van der Waals surface area contributed by atoms with E-state index >= 15 is 0 Å². The van der Waals surface area contributed by atoms with Gasteiger partial charge in [-0.15, -0.1) is 0 Å². The van der Waals surface area contributed by atoms with Crippen LogP contribution in [0.3, 0.4) is 0 Å². The Kier molecular flexibility index (Phi) is 4.84. The van der Waals surface area contributed by atoms with Crippen molar-refractivity contribution in [2.45, 2.75) is 6.92 Å². The largest absolute Gasteiger partial charge is 0.508 e. The minimum absolute atomic E-state index is 0.0880. The van der Waals surface area contributed by atoms with Gasteiger partial charge < -0.3 is 15.3 Å². The highest BCUT2D eigenvalue weighted by Gasteiger charge is 1.90. The zero-order valence-electron chi connectivity index (χ0n) is 7.77. The number of aliphatic carboxylic acids is 1. The van der Waals surface area contributed by atoms with Gasteiger partial charge in [-0.1, -0.05) is 12.6 Å².